The van der Waals surface area contributed by atoms with E-state index in [4.69, 9.17) is 4.74 Å². The van der Waals surface area contributed by atoms with Crippen LogP contribution in [0.3, 0.4) is 0 Å². The van der Waals surface area contributed by atoms with Crippen molar-refractivity contribution >= 4 is 0 Å². The molecule has 0 aromatic heterocycles. The normalized spacial score (nSPS) is 33.4. The van der Waals surface area contributed by atoms with Gasteiger partial charge in [-0.25, -0.2) is 0 Å². The van der Waals surface area contributed by atoms with Crippen molar-refractivity contribution in [3.05, 3.63) is 0 Å². The summed E-state index contributed by atoms with van der Waals surface area (Å²) in [5.41, 5.74) is 0. The van der Waals surface area contributed by atoms with Crippen molar-refractivity contribution in [3.8, 4) is 0 Å². The van der Waals surface area contributed by atoms with E-state index in [-0.39, 0.29) is 0 Å². The molecule has 3 heteroatoms. The minimum Gasteiger partial charge on any atom is -0.381 e. The molecule has 0 aromatic carbocycles. The molecule has 1 heterocycles. The molecule has 1 N–H and O–H groups in total. The lowest BCUT2D eigenvalue weighted by molar-refractivity contribution is 0.0152. The molecule has 0 aromatic rings. The van der Waals surface area contributed by atoms with Crippen molar-refractivity contribution < 1.29 is 4.74 Å². The maximum atomic E-state index is 5.29. The number of piperidine rings is 1. The number of ether oxygens (including phenoxy) is 1. The molecule has 3 nitrogen and oxygen atoms in total. The third-order valence-corrected chi connectivity index (χ3v) is 4.14. The minimum absolute atomic E-state index is 0.516. The van der Waals surface area contributed by atoms with Gasteiger partial charge in [-0.05, 0) is 45.7 Å². The summed E-state index contributed by atoms with van der Waals surface area (Å²) in [4.78, 5) is 2.63. The standard InChI is InChI=1S/C13H26N2O/c1-11(15-6-4-3-5-7-15)10-14-12-8-13(9-12)16-2/h11-14H,3-10H2,1-2H3. The van der Waals surface area contributed by atoms with E-state index in [0.29, 0.717) is 18.2 Å². The lowest BCUT2D eigenvalue weighted by Gasteiger charge is -2.38. The Bertz CT molecular complexity index is 198. The monoisotopic (exact) mass is 226 g/mol. The second-order valence-corrected chi connectivity index (χ2v) is 5.38. The Morgan fingerprint density at radius 2 is 1.94 bits per heavy atom. The lowest BCUT2D eigenvalue weighted by Crippen LogP contribution is -2.50. The summed E-state index contributed by atoms with van der Waals surface area (Å²) in [6.07, 6.45) is 7.11. The van der Waals surface area contributed by atoms with Crippen LogP contribution in [0.4, 0.5) is 0 Å². The molecule has 16 heavy (non-hydrogen) atoms. The average molecular weight is 226 g/mol. The first kappa shape index (κ1) is 12.3. The second-order valence-electron chi connectivity index (χ2n) is 5.38. The van der Waals surface area contributed by atoms with E-state index in [1.54, 1.807) is 0 Å². The van der Waals surface area contributed by atoms with Gasteiger partial charge in [0.05, 0.1) is 6.10 Å². The molecular weight excluding hydrogens is 200 g/mol. The highest BCUT2D eigenvalue weighted by Gasteiger charge is 2.29. The molecular formula is C13H26N2O. The van der Waals surface area contributed by atoms with Gasteiger partial charge >= 0.3 is 0 Å². The zero-order valence-electron chi connectivity index (χ0n) is 10.7. The summed E-state index contributed by atoms with van der Waals surface area (Å²) in [6, 6.07) is 1.40. The molecule has 0 spiro atoms. The SMILES string of the molecule is COC1CC(NCC(C)N2CCCCC2)C1. The minimum atomic E-state index is 0.516. The average Bonchev–Trinajstić information content (AvgIpc) is 2.28. The fourth-order valence-corrected chi connectivity index (χ4v) is 2.75. The van der Waals surface area contributed by atoms with Gasteiger partial charge in [0.2, 0.25) is 0 Å². The van der Waals surface area contributed by atoms with E-state index < -0.39 is 0 Å². The smallest absolute Gasteiger partial charge is 0.0601 e. The zero-order valence-corrected chi connectivity index (χ0v) is 10.7. The first-order valence-corrected chi connectivity index (χ1v) is 6.80. The number of methoxy groups -OCH3 is 1. The molecule has 1 atom stereocenters. The number of nitrogens with one attached hydrogen (secondary N) is 1. The third kappa shape index (κ3) is 3.19. The molecule has 2 aliphatic rings. The van der Waals surface area contributed by atoms with Crippen LogP contribution in [0.25, 0.3) is 0 Å². The number of likely N-dealkylation sites (tertiary alicyclic amines) is 1. The molecule has 0 amide bonds. The molecule has 2 rings (SSSR count). The molecule has 1 aliphatic carbocycles. The van der Waals surface area contributed by atoms with Crippen LogP contribution in [0.15, 0.2) is 0 Å². The predicted molar refractivity (Wildman–Crippen MR) is 66.7 cm³/mol. The van der Waals surface area contributed by atoms with Crippen LogP contribution in [-0.4, -0.2) is 49.8 Å². The number of rotatable bonds is 5. The van der Waals surface area contributed by atoms with E-state index in [2.05, 4.69) is 17.1 Å². The Morgan fingerprint density at radius 3 is 2.56 bits per heavy atom. The van der Waals surface area contributed by atoms with E-state index in [1.165, 1.54) is 45.2 Å². The second kappa shape index (κ2) is 5.99. The van der Waals surface area contributed by atoms with Crippen LogP contribution < -0.4 is 5.32 Å². The van der Waals surface area contributed by atoms with Crippen LogP contribution in [0.5, 0.6) is 0 Å². The Morgan fingerprint density at radius 1 is 1.25 bits per heavy atom. The van der Waals surface area contributed by atoms with Crippen LogP contribution in [-0.2, 0) is 4.74 Å². The zero-order chi connectivity index (χ0) is 11.4. The maximum absolute atomic E-state index is 5.29. The van der Waals surface area contributed by atoms with Gasteiger partial charge in [0, 0.05) is 25.7 Å². The Labute approximate surface area is 99.5 Å². The molecule has 1 aliphatic heterocycles. The lowest BCUT2D eigenvalue weighted by atomic mass is 9.89. The van der Waals surface area contributed by atoms with Gasteiger partial charge in [-0.3, -0.25) is 4.90 Å². The van der Waals surface area contributed by atoms with Gasteiger partial charge in [-0.1, -0.05) is 6.42 Å². The van der Waals surface area contributed by atoms with Crippen molar-refractivity contribution in [2.24, 2.45) is 0 Å². The fourth-order valence-electron chi connectivity index (χ4n) is 2.75. The van der Waals surface area contributed by atoms with Gasteiger partial charge in [0.25, 0.3) is 0 Å². The van der Waals surface area contributed by atoms with Gasteiger partial charge < -0.3 is 10.1 Å². The number of hydrogen-bond acceptors (Lipinski definition) is 3. The van der Waals surface area contributed by atoms with E-state index in [0.717, 1.165) is 6.54 Å². The summed E-state index contributed by atoms with van der Waals surface area (Å²) >= 11 is 0. The summed E-state index contributed by atoms with van der Waals surface area (Å²) in [5, 5.41) is 3.66. The fraction of sp³-hybridized carbons (Fsp3) is 1.00. The van der Waals surface area contributed by atoms with Gasteiger partial charge in [-0.15, -0.1) is 0 Å². The molecule has 94 valence electrons. The topological polar surface area (TPSA) is 24.5 Å². The van der Waals surface area contributed by atoms with E-state index in [1.807, 2.05) is 7.11 Å². The summed E-state index contributed by atoms with van der Waals surface area (Å²) in [5.74, 6) is 0. The van der Waals surface area contributed by atoms with Crippen molar-refractivity contribution in [2.45, 2.75) is 57.2 Å². The van der Waals surface area contributed by atoms with Crippen LogP contribution in [0.1, 0.15) is 39.0 Å². The summed E-state index contributed by atoms with van der Waals surface area (Å²) in [6.45, 7) is 6.09. The Balaban J connectivity index is 1.58. The van der Waals surface area contributed by atoms with Gasteiger partial charge in [0.1, 0.15) is 0 Å². The Kier molecular flexibility index (Phi) is 4.62. The summed E-state index contributed by atoms with van der Waals surface area (Å²) in [7, 11) is 1.82. The van der Waals surface area contributed by atoms with Crippen molar-refractivity contribution in [1.82, 2.24) is 10.2 Å². The highest BCUT2D eigenvalue weighted by molar-refractivity contribution is 4.87. The predicted octanol–water partition coefficient (Wildman–Crippen LogP) is 1.63. The van der Waals surface area contributed by atoms with Crippen LogP contribution in [0.2, 0.25) is 0 Å². The van der Waals surface area contributed by atoms with Crippen LogP contribution in [0, 0.1) is 0 Å². The molecule has 1 unspecified atom stereocenters. The van der Waals surface area contributed by atoms with Crippen molar-refractivity contribution in [1.29, 1.82) is 0 Å². The first-order chi connectivity index (χ1) is 7.79. The number of hydrogen-bond donors (Lipinski definition) is 1. The van der Waals surface area contributed by atoms with E-state index in [9.17, 15) is 0 Å². The first-order valence-electron chi connectivity index (χ1n) is 6.80. The van der Waals surface area contributed by atoms with Gasteiger partial charge in [-0.2, -0.15) is 0 Å². The van der Waals surface area contributed by atoms with Gasteiger partial charge in [0.15, 0.2) is 0 Å². The molecule has 1 saturated heterocycles. The molecule has 0 radical (unpaired) electrons. The summed E-state index contributed by atoms with van der Waals surface area (Å²) < 4.78 is 5.29. The number of nitrogens with zero attached hydrogens (tertiary/aromatic N) is 1. The van der Waals surface area contributed by atoms with Crippen molar-refractivity contribution in [3.63, 3.8) is 0 Å². The molecule has 0 bridgehead atoms. The highest BCUT2D eigenvalue weighted by atomic mass is 16.5. The van der Waals surface area contributed by atoms with Crippen molar-refractivity contribution in [2.75, 3.05) is 26.7 Å². The molecule has 2 fully saturated rings. The van der Waals surface area contributed by atoms with E-state index >= 15 is 0 Å². The molecule has 1 saturated carbocycles. The highest BCUT2D eigenvalue weighted by Crippen LogP contribution is 2.22. The quantitative estimate of drug-likeness (QED) is 0.771. The maximum Gasteiger partial charge on any atom is 0.0601 e. The Hall–Kier alpha value is -0.120. The van der Waals surface area contributed by atoms with Crippen LogP contribution >= 0.6 is 0 Å². The largest absolute Gasteiger partial charge is 0.381 e. The third-order valence-electron chi connectivity index (χ3n) is 4.14.